The normalized spacial score (nSPS) is 23.6. The van der Waals surface area contributed by atoms with Gasteiger partial charge < -0.3 is 14.4 Å². The van der Waals surface area contributed by atoms with E-state index in [1.165, 1.54) is 29.3 Å². The van der Waals surface area contributed by atoms with Crippen molar-refractivity contribution in [3.05, 3.63) is 22.2 Å². The lowest BCUT2D eigenvalue weighted by molar-refractivity contribution is -0.0419. The highest BCUT2D eigenvalue weighted by molar-refractivity contribution is 7.22. The number of ether oxygens (including phenoxy) is 2. The summed E-state index contributed by atoms with van der Waals surface area (Å²) < 4.78 is 13.3. The summed E-state index contributed by atoms with van der Waals surface area (Å²) in [4.78, 5) is 12.8. The van der Waals surface area contributed by atoms with Crippen LogP contribution in [0.4, 0.5) is 5.82 Å². The maximum atomic E-state index is 6.43. The molecule has 5 heterocycles. The Morgan fingerprint density at radius 1 is 0.862 bits per heavy atom. The number of hydrogen-bond donors (Lipinski definition) is 0. The molecule has 3 aliphatic rings. The SMILES string of the molecule is Clc1cc2c(N3CCOCC3)nc(C(N3CCCCC3)N3CCOCC3)cc2s1. The molecule has 5 rings (SSSR count). The van der Waals surface area contributed by atoms with Crippen LogP contribution in [0.3, 0.4) is 0 Å². The van der Waals surface area contributed by atoms with Crippen molar-refractivity contribution >= 4 is 38.8 Å². The second-order valence-corrected chi connectivity index (χ2v) is 9.77. The fraction of sp³-hybridized carbons (Fsp3) is 0.667. The van der Waals surface area contributed by atoms with Gasteiger partial charge in [-0.1, -0.05) is 18.0 Å². The van der Waals surface area contributed by atoms with Gasteiger partial charge in [0.1, 0.15) is 12.0 Å². The molecule has 0 aromatic carbocycles. The van der Waals surface area contributed by atoms with E-state index in [-0.39, 0.29) is 6.17 Å². The van der Waals surface area contributed by atoms with E-state index in [2.05, 4.69) is 26.8 Å². The maximum absolute atomic E-state index is 6.43. The van der Waals surface area contributed by atoms with E-state index in [9.17, 15) is 0 Å². The monoisotopic (exact) mass is 436 g/mol. The zero-order valence-electron chi connectivity index (χ0n) is 16.8. The average molecular weight is 437 g/mol. The summed E-state index contributed by atoms with van der Waals surface area (Å²) in [7, 11) is 0. The Morgan fingerprint density at radius 2 is 1.52 bits per heavy atom. The number of aromatic nitrogens is 1. The zero-order chi connectivity index (χ0) is 19.6. The number of fused-ring (bicyclic) bond motifs is 1. The third-order valence-corrected chi connectivity index (χ3v) is 7.40. The molecule has 8 heteroatoms. The van der Waals surface area contributed by atoms with Crippen LogP contribution in [-0.4, -0.2) is 80.5 Å². The highest BCUT2D eigenvalue weighted by Crippen LogP contribution is 2.38. The molecule has 2 aromatic rings. The van der Waals surface area contributed by atoms with E-state index in [4.69, 9.17) is 26.1 Å². The lowest BCUT2D eigenvalue weighted by Gasteiger charge is -2.42. The maximum Gasteiger partial charge on any atom is 0.137 e. The average Bonchev–Trinajstić information content (AvgIpc) is 3.16. The van der Waals surface area contributed by atoms with Crippen molar-refractivity contribution in [2.45, 2.75) is 25.4 Å². The van der Waals surface area contributed by atoms with E-state index in [1.807, 2.05) is 0 Å². The van der Waals surface area contributed by atoms with Crippen molar-refractivity contribution in [3.8, 4) is 0 Å². The Morgan fingerprint density at radius 3 is 2.24 bits per heavy atom. The zero-order valence-corrected chi connectivity index (χ0v) is 18.4. The molecular formula is C21H29ClN4O2S. The van der Waals surface area contributed by atoms with Crippen LogP contribution in [0.5, 0.6) is 0 Å². The molecule has 0 amide bonds. The van der Waals surface area contributed by atoms with Crippen molar-refractivity contribution in [1.29, 1.82) is 0 Å². The number of hydrogen-bond acceptors (Lipinski definition) is 7. The van der Waals surface area contributed by atoms with Crippen molar-refractivity contribution < 1.29 is 9.47 Å². The molecule has 3 aliphatic heterocycles. The van der Waals surface area contributed by atoms with Crippen molar-refractivity contribution in [1.82, 2.24) is 14.8 Å². The molecule has 0 aliphatic carbocycles. The molecule has 158 valence electrons. The lowest BCUT2D eigenvalue weighted by atomic mass is 10.1. The molecule has 0 radical (unpaired) electrons. The number of likely N-dealkylation sites (tertiary alicyclic amines) is 1. The van der Waals surface area contributed by atoms with Gasteiger partial charge in [0.05, 0.1) is 36.5 Å². The van der Waals surface area contributed by atoms with Crippen molar-refractivity contribution in [2.24, 2.45) is 0 Å². The van der Waals surface area contributed by atoms with Crippen LogP contribution in [0.1, 0.15) is 31.1 Å². The van der Waals surface area contributed by atoms with Crippen molar-refractivity contribution in [3.63, 3.8) is 0 Å². The van der Waals surface area contributed by atoms with Crippen LogP contribution in [0.25, 0.3) is 10.1 Å². The molecule has 0 bridgehead atoms. The molecule has 0 saturated carbocycles. The number of anilines is 1. The van der Waals surface area contributed by atoms with Gasteiger partial charge in [0.2, 0.25) is 0 Å². The molecule has 1 atom stereocenters. The van der Waals surface area contributed by atoms with E-state index < -0.39 is 0 Å². The number of halogens is 1. The fourth-order valence-corrected chi connectivity index (χ4v) is 5.93. The predicted molar refractivity (Wildman–Crippen MR) is 118 cm³/mol. The fourth-order valence-electron chi connectivity index (χ4n) is 4.74. The molecule has 29 heavy (non-hydrogen) atoms. The Balaban J connectivity index is 1.57. The van der Waals surface area contributed by atoms with Gasteiger partial charge in [-0.05, 0) is 38.1 Å². The van der Waals surface area contributed by atoms with E-state index in [0.717, 1.165) is 81.5 Å². The second-order valence-electron chi connectivity index (χ2n) is 8.05. The Labute approximate surface area is 181 Å². The number of thiophene rings is 1. The first-order valence-electron chi connectivity index (χ1n) is 10.8. The second kappa shape index (κ2) is 9.04. The predicted octanol–water partition coefficient (Wildman–Crippen LogP) is 3.60. The third kappa shape index (κ3) is 4.27. The lowest BCUT2D eigenvalue weighted by Crippen LogP contribution is -2.48. The van der Waals surface area contributed by atoms with Gasteiger partial charge in [0.25, 0.3) is 0 Å². The topological polar surface area (TPSA) is 41.1 Å². The van der Waals surface area contributed by atoms with Gasteiger partial charge in [-0.3, -0.25) is 9.80 Å². The van der Waals surface area contributed by atoms with E-state index in [0.29, 0.717) is 0 Å². The van der Waals surface area contributed by atoms with Crippen molar-refractivity contribution in [2.75, 3.05) is 70.6 Å². The molecule has 3 fully saturated rings. The summed E-state index contributed by atoms with van der Waals surface area (Å²) in [6.45, 7) is 9.06. The number of morpholine rings is 2. The molecule has 1 unspecified atom stereocenters. The quantitative estimate of drug-likeness (QED) is 0.729. The van der Waals surface area contributed by atoms with E-state index in [1.54, 1.807) is 11.3 Å². The Kier molecular flexibility index (Phi) is 6.22. The number of rotatable bonds is 4. The molecule has 0 N–H and O–H groups in total. The first kappa shape index (κ1) is 20.0. The summed E-state index contributed by atoms with van der Waals surface area (Å²) in [5.74, 6) is 1.07. The summed E-state index contributed by atoms with van der Waals surface area (Å²) in [6, 6.07) is 4.36. The third-order valence-electron chi connectivity index (χ3n) is 6.19. The van der Waals surface area contributed by atoms with Crippen LogP contribution < -0.4 is 4.90 Å². The molecule has 0 spiro atoms. The van der Waals surface area contributed by atoms with E-state index >= 15 is 0 Å². The summed E-state index contributed by atoms with van der Waals surface area (Å²) in [5, 5.41) is 1.17. The molecular weight excluding hydrogens is 408 g/mol. The van der Waals surface area contributed by atoms with Crippen LogP contribution in [0, 0.1) is 0 Å². The first-order chi connectivity index (χ1) is 14.3. The largest absolute Gasteiger partial charge is 0.379 e. The minimum absolute atomic E-state index is 0.212. The minimum atomic E-state index is 0.212. The van der Waals surface area contributed by atoms with Gasteiger partial charge in [-0.15, -0.1) is 11.3 Å². The summed E-state index contributed by atoms with van der Waals surface area (Å²) in [5.41, 5.74) is 1.15. The summed E-state index contributed by atoms with van der Waals surface area (Å²) >= 11 is 8.09. The molecule has 3 saturated heterocycles. The van der Waals surface area contributed by atoms with Gasteiger partial charge in [0, 0.05) is 36.3 Å². The van der Waals surface area contributed by atoms with Gasteiger partial charge in [-0.25, -0.2) is 4.98 Å². The molecule has 2 aromatic heterocycles. The first-order valence-corrected chi connectivity index (χ1v) is 12.0. The van der Waals surface area contributed by atoms with Crippen LogP contribution >= 0.6 is 22.9 Å². The van der Waals surface area contributed by atoms with Crippen LogP contribution in [-0.2, 0) is 9.47 Å². The smallest absolute Gasteiger partial charge is 0.137 e. The minimum Gasteiger partial charge on any atom is -0.379 e. The van der Waals surface area contributed by atoms with Crippen LogP contribution in [0.15, 0.2) is 12.1 Å². The standard InChI is InChI=1S/C21H29ClN4O2S/c22-19-14-16-18(29-19)15-17(23-20(16)24-6-10-27-11-7-24)21(25-4-2-1-3-5-25)26-8-12-28-13-9-26/h14-15,21H,1-13H2. The highest BCUT2D eigenvalue weighted by atomic mass is 35.5. The van der Waals surface area contributed by atoms with Gasteiger partial charge >= 0.3 is 0 Å². The molecule has 6 nitrogen and oxygen atoms in total. The van der Waals surface area contributed by atoms with Crippen LogP contribution in [0.2, 0.25) is 4.34 Å². The van der Waals surface area contributed by atoms with Gasteiger partial charge in [-0.2, -0.15) is 0 Å². The summed E-state index contributed by atoms with van der Waals surface area (Å²) in [6.07, 6.45) is 4.08. The Bertz CT molecular complexity index is 811. The Hall–Kier alpha value is -0.960. The van der Waals surface area contributed by atoms with Gasteiger partial charge in [0.15, 0.2) is 0 Å². The number of piperidine rings is 1. The number of pyridine rings is 1. The highest BCUT2D eigenvalue weighted by Gasteiger charge is 2.32. The number of nitrogens with zero attached hydrogens (tertiary/aromatic N) is 4.